The van der Waals surface area contributed by atoms with E-state index in [0.29, 0.717) is 50.5 Å². The second-order valence-corrected chi connectivity index (χ2v) is 9.53. The Kier molecular flexibility index (Phi) is 7.24. The molecule has 0 aliphatic carbocycles. The van der Waals surface area contributed by atoms with Crippen LogP contribution in [0.1, 0.15) is 39.4 Å². The minimum Gasteiger partial charge on any atom is -0.496 e. The number of methoxy groups -OCH3 is 1. The van der Waals surface area contributed by atoms with Gasteiger partial charge in [-0.3, -0.25) is 9.48 Å². The lowest BCUT2D eigenvalue weighted by Crippen LogP contribution is -2.14. The van der Waals surface area contributed by atoms with Crippen LogP contribution in [0.15, 0.2) is 54.7 Å². The number of carbonyl (C=O) groups is 1. The highest BCUT2D eigenvalue weighted by atomic mass is 35.5. The van der Waals surface area contributed by atoms with Gasteiger partial charge in [0.2, 0.25) is 0 Å². The Hall–Kier alpha value is -4.02. The van der Waals surface area contributed by atoms with Crippen molar-refractivity contribution in [3.8, 4) is 17.0 Å². The predicted molar refractivity (Wildman–Crippen MR) is 145 cm³/mol. The molecule has 3 aromatic heterocycles. The monoisotopic (exact) mass is 570 g/mol. The van der Waals surface area contributed by atoms with Crippen molar-refractivity contribution in [2.24, 2.45) is 0 Å². The number of halogens is 4. The topological polar surface area (TPSA) is 86.3 Å². The van der Waals surface area contributed by atoms with Crippen LogP contribution in [0.2, 0.25) is 10.0 Å². The quantitative estimate of drug-likeness (QED) is 0.233. The smallest absolute Gasteiger partial charge is 0.280 e. The summed E-state index contributed by atoms with van der Waals surface area (Å²) in [6, 6.07) is 13.4. The zero-order valence-electron chi connectivity index (χ0n) is 21.0. The van der Waals surface area contributed by atoms with Gasteiger partial charge in [-0.05, 0) is 44.2 Å². The molecule has 3 heterocycles. The Morgan fingerprint density at radius 1 is 1.10 bits per heavy atom. The summed E-state index contributed by atoms with van der Waals surface area (Å²) in [6.07, 6.45) is -1.65. The summed E-state index contributed by atoms with van der Waals surface area (Å²) in [7, 11) is 1.48. The van der Waals surface area contributed by atoms with Crippen LogP contribution < -0.4 is 10.1 Å². The van der Waals surface area contributed by atoms with E-state index >= 15 is 0 Å². The van der Waals surface area contributed by atoms with Crippen LogP contribution in [0.5, 0.6) is 5.75 Å². The Morgan fingerprint density at radius 2 is 1.82 bits per heavy atom. The first-order valence-corrected chi connectivity index (χ1v) is 12.5. The van der Waals surface area contributed by atoms with Crippen molar-refractivity contribution in [2.45, 2.75) is 26.8 Å². The average Bonchev–Trinajstić information content (AvgIpc) is 3.46. The normalized spacial score (nSPS) is 11.4. The number of aryl methyl sites for hydroxylation is 1. The van der Waals surface area contributed by atoms with Crippen molar-refractivity contribution in [2.75, 3.05) is 12.4 Å². The lowest BCUT2D eigenvalue weighted by Gasteiger charge is -2.11. The second kappa shape index (κ2) is 10.6. The fourth-order valence-corrected chi connectivity index (χ4v) is 4.86. The molecule has 12 heteroatoms. The summed E-state index contributed by atoms with van der Waals surface area (Å²) < 4.78 is 36.1. The molecule has 39 heavy (non-hydrogen) atoms. The molecule has 0 fully saturated rings. The number of para-hydroxylation sites is 1. The first-order chi connectivity index (χ1) is 18.7. The Balaban J connectivity index is 1.53. The first kappa shape index (κ1) is 26.6. The average molecular weight is 571 g/mol. The lowest BCUT2D eigenvalue weighted by atomic mass is 10.1. The molecule has 0 saturated carbocycles. The number of hydrogen-bond acceptors (Lipinski definition) is 5. The van der Waals surface area contributed by atoms with E-state index < -0.39 is 18.0 Å². The molecule has 0 radical (unpaired) electrons. The number of alkyl halides is 2. The maximum atomic E-state index is 14.0. The molecule has 2 aromatic carbocycles. The molecular weight excluding hydrogens is 549 g/mol. The Morgan fingerprint density at radius 3 is 2.51 bits per heavy atom. The molecule has 5 rings (SSSR count). The second-order valence-electron chi connectivity index (χ2n) is 8.72. The number of nitrogens with zero attached hydrogens (tertiary/aromatic N) is 5. The largest absolute Gasteiger partial charge is 0.496 e. The van der Waals surface area contributed by atoms with Gasteiger partial charge in [-0.1, -0.05) is 41.4 Å². The van der Waals surface area contributed by atoms with Crippen molar-refractivity contribution < 1.29 is 18.3 Å². The van der Waals surface area contributed by atoms with E-state index in [4.69, 9.17) is 27.9 Å². The molecule has 0 unspecified atom stereocenters. The maximum absolute atomic E-state index is 14.0. The highest BCUT2D eigenvalue weighted by Gasteiger charge is 2.24. The van der Waals surface area contributed by atoms with Gasteiger partial charge in [0.15, 0.2) is 5.65 Å². The number of benzene rings is 2. The van der Waals surface area contributed by atoms with Gasteiger partial charge in [0.25, 0.3) is 12.3 Å². The summed E-state index contributed by atoms with van der Waals surface area (Å²) in [4.78, 5) is 17.9. The van der Waals surface area contributed by atoms with Gasteiger partial charge in [-0.25, -0.2) is 18.3 Å². The SMILES string of the molecule is COc1ccccc1-c1cc(C(F)F)n2ncc(C(=O)Nc3c(C)nn(Cc4c(Cl)cccc4Cl)c3C)c2n1. The van der Waals surface area contributed by atoms with Crippen molar-refractivity contribution in [1.82, 2.24) is 24.4 Å². The third-order valence-electron chi connectivity index (χ3n) is 6.34. The number of carbonyl (C=O) groups excluding carboxylic acids is 1. The summed E-state index contributed by atoms with van der Waals surface area (Å²) in [5.74, 6) is -0.117. The third-order valence-corrected chi connectivity index (χ3v) is 7.05. The van der Waals surface area contributed by atoms with E-state index in [9.17, 15) is 13.6 Å². The summed E-state index contributed by atoms with van der Waals surface area (Å²) in [5.41, 5.74) is 2.70. The number of hydrogen-bond donors (Lipinski definition) is 1. The van der Waals surface area contributed by atoms with Crippen LogP contribution in [0.25, 0.3) is 16.9 Å². The van der Waals surface area contributed by atoms with Crippen LogP contribution in [0.3, 0.4) is 0 Å². The van der Waals surface area contributed by atoms with Crippen LogP contribution in [0, 0.1) is 13.8 Å². The molecule has 0 atom stereocenters. The van der Waals surface area contributed by atoms with Crippen molar-refractivity contribution in [3.63, 3.8) is 0 Å². The van der Waals surface area contributed by atoms with Crippen LogP contribution >= 0.6 is 23.2 Å². The van der Waals surface area contributed by atoms with Crippen molar-refractivity contribution >= 4 is 40.4 Å². The molecule has 0 bridgehead atoms. The molecule has 0 saturated heterocycles. The number of rotatable bonds is 7. The van der Waals surface area contributed by atoms with E-state index in [1.807, 2.05) is 0 Å². The molecule has 200 valence electrons. The molecule has 1 amide bonds. The molecule has 0 spiro atoms. The van der Waals surface area contributed by atoms with Crippen LogP contribution in [-0.2, 0) is 6.54 Å². The van der Waals surface area contributed by atoms with E-state index in [0.717, 1.165) is 4.52 Å². The number of fused-ring (bicyclic) bond motifs is 1. The first-order valence-electron chi connectivity index (χ1n) is 11.8. The van der Waals surface area contributed by atoms with Crippen LogP contribution in [-0.4, -0.2) is 37.4 Å². The molecule has 5 aromatic rings. The van der Waals surface area contributed by atoms with Gasteiger partial charge >= 0.3 is 0 Å². The highest BCUT2D eigenvalue weighted by molar-refractivity contribution is 6.36. The van der Waals surface area contributed by atoms with E-state index in [1.165, 1.54) is 19.4 Å². The third kappa shape index (κ3) is 4.93. The fourth-order valence-electron chi connectivity index (χ4n) is 4.34. The lowest BCUT2D eigenvalue weighted by molar-refractivity contribution is 0.102. The Bertz CT molecular complexity index is 1700. The number of ether oxygens (including phenoxy) is 1. The number of amides is 1. The van der Waals surface area contributed by atoms with Gasteiger partial charge in [-0.2, -0.15) is 10.2 Å². The van der Waals surface area contributed by atoms with Gasteiger partial charge in [-0.15, -0.1) is 0 Å². The van der Waals surface area contributed by atoms with Crippen molar-refractivity contribution in [1.29, 1.82) is 0 Å². The fraction of sp³-hybridized carbons (Fsp3) is 0.185. The number of nitrogens with one attached hydrogen (secondary N) is 1. The zero-order valence-corrected chi connectivity index (χ0v) is 22.6. The van der Waals surface area contributed by atoms with E-state index in [-0.39, 0.29) is 16.9 Å². The van der Waals surface area contributed by atoms with E-state index in [2.05, 4.69) is 20.5 Å². The molecule has 0 aliphatic rings. The number of aromatic nitrogens is 5. The summed E-state index contributed by atoms with van der Waals surface area (Å²) >= 11 is 12.6. The van der Waals surface area contributed by atoms with Gasteiger partial charge in [0.05, 0.1) is 42.6 Å². The maximum Gasteiger partial charge on any atom is 0.280 e. The molecule has 0 aliphatic heterocycles. The van der Waals surface area contributed by atoms with Gasteiger partial charge in [0.1, 0.15) is 17.0 Å². The summed E-state index contributed by atoms with van der Waals surface area (Å²) in [5, 5.41) is 12.4. The minimum atomic E-state index is -2.86. The van der Waals surface area contributed by atoms with E-state index in [1.54, 1.807) is 61.0 Å². The minimum absolute atomic E-state index is 0.0169. The zero-order chi connectivity index (χ0) is 27.8. The molecular formula is C27H22Cl2F2N6O2. The standard InChI is InChI=1S/C27H22Cl2F2N6O2/c1-14-24(15(2)36(35-14)13-18-19(28)8-6-9-20(18)29)34-27(38)17-12-32-37-22(25(30)31)11-21(33-26(17)37)16-7-4-5-10-23(16)39-3/h4-12,25H,13H2,1-3H3,(H,34,38). The van der Waals surface area contributed by atoms with Gasteiger partial charge < -0.3 is 10.1 Å². The van der Waals surface area contributed by atoms with Crippen molar-refractivity contribution in [3.05, 3.63) is 93.0 Å². The number of anilines is 1. The Labute approximate surface area is 232 Å². The van der Waals surface area contributed by atoms with Crippen LogP contribution in [0.4, 0.5) is 14.5 Å². The predicted octanol–water partition coefficient (Wildman–Crippen LogP) is 6.76. The van der Waals surface area contributed by atoms with Gasteiger partial charge in [0, 0.05) is 21.2 Å². The highest BCUT2D eigenvalue weighted by Crippen LogP contribution is 2.33. The molecule has 1 N–H and O–H groups in total. The molecule has 8 nitrogen and oxygen atoms in total. The summed E-state index contributed by atoms with van der Waals surface area (Å²) in [6.45, 7) is 3.83.